The Morgan fingerprint density at radius 3 is 2.55 bits per heavy atom. The molecule has 0 aromatic carbocycles. The molecular formula is C14H18N4O2. The minimum absolute atomic E-state index is 0.00387. The SMILES string of the molecule is Cc1ccc(C#N)c(=O)n1CC(=O)N1CCN(C)CC1. The lowest BCUT2D eigenvalue weighted by Crippen LogP contribution is -2.48. The highest BCUT2D eigenvalue weighted by Crippen LogP contribution is 2.03. The van der Waals surface area contributed by atoms with Gasteiger partial charge < -0.3 is 14.4 Å². The Bertz CT molecular complexity index is 607. The fourth-order valence-corrected chi connectivity index (χ4v) is 2.24. The number of hydrogen-bond donors (Lipinski definition) is 0. The van der Waals surface area contributed by atoms with Crippen molar-refractivity contribution in [2.24, 2.45) is 0 Å². The second-order valence-electron chi connectivity index (χ2n) is 5.08. The van der Waals surface area contributed by atoms with Gasteiger partial charge in [-0.1, -0.05) is 0 Å². The molecule has 2 heterocycles. The van der Waals surface area contributed by atoms with Gasteiger partial charge >= 0.3 is 0 Å². The minimum atomic E-state index is -0.394. The first-order valence-corrected chi connectivity index (χ1v) is 6.60. The summed E-state index contributed by atoms with van der Waals surface area (Å²) < 4.78 is 1.37. The summed E-state index contributed by atoms with van der Waals surface area (Å²) in [5.74, 6) is -0.0709. The Kier molecular flexibility index (Phi) is 4.20. The smallest absolute Gasteiger partial charge is 0.269 e. The van der Waals surface area contributed by atoms with Gasteiger partial charge in [-0.15, -0.1) is 0 Å². The van der Waals surface area contributed by atoms with Crippen LogP contribution in [-0.4, -0.2) is 53.5 Å². The lowest BCUT2D eigenvalue weighted by Gasteiger charge is -2.32. The monoisotopic (exact) mass is 274 g/mol. The van der Waals surface area contributed by atoms with E-state index in [9.17, 15) is 9.59 Å². The van der Waals surface area contributed by atoms with Gasteiger partial charge in [0.1, 0.15) is 18.2 Å². The quantitative estimate of drug-likeness (QED) is 0.749. The highest BCUT2D eigenvalue weighted by Gasteiger charge is 2.20. The van der Waals surface area contributed by atoms with Gasteiger partial charge in [0.05, 0.1) is 0 Å². The van der Waals surface area contributed by atoms with E-state index in [2.05, 4.69) is 4.90 Å². The third kappa shape index (κ3) is 2.89. The van der Waals surface area contributed by atoms with Gasteiger partial charge in [-0.3, -0.25) is 9.59 Å². The van der Waals surface area contributed by atoms with E-state index in [1.165, 1.54) is 10.6 Å². The van der Waals surface area contributed by atoms with Gasteiger partial charge in [-0.05, 0) is 26.1 Å². The van der Waals surface area contributed by atoms with E-state index < -0.39 is 5.56 Å². The maximum absolute atomic E-state index is 12.2. The molecule has 6 nitrogen and oxygen atoms in total. The van der Waals surface area contributed by atoms with Crippen molar-refractivity contribution in [1.82, 2.24) is 14.4 Å². The zero-order chi connectivity index (χ0) is 14.7. The van der Waals surface area contributed by atoms with Crippen molar-refractivity contribution in [3.63, 3.8) is 0 Å². The van der Waals surface area contributed by atoms with E-state index in [0.717, 1.165) is 13.1 Å². The first-order valence-electron chi connectivity index (χ1n) is 6.60. The second-order valence-corrected chi connectivity index (χ2v) is 5.08. The summed E-state index contributed by atoms with van der Waals surface area (Å²) in [4.78, 5) is 28.2. The number of likely N-dealkylation sites (N-methyl/N-ethyl adjacent to an activating group) is 1. The fourth-order valence-electron chi connectivity index (χ4n) is 2.24. The number of amides is 1. The molecule has 106 valence electrons. The zero-order valence-electron chi connectivity index (χ0n) is 11.8. The number of nitriles is 1. The molecule has 1 fully saturated rings. The van der Waals surface area contributed by atoms with E-state index >= 15 is 0 Å². The number of piperazine rings is 1. The molecule has 2 rings (SSSR count). The Balaban J connectivity index is 2.16. The van der Waals surface area contributed by atoms with Crippen LogP contribution in [0.2, 0.25) is 0 Å². The zero-order valence-corrected chi connectivity index (χ0v) is 11.8. The van der Waals surface area contributed by atoms with Crippen LogP contribution in [0.1, 0.15) is 11.3 Å². The first-order chi connectivity index (χ1) is 9.52. The minimum Gasteiger partial charge on any atom is -0.339 e. The van der Waals surface area contributed by atoms with Crippen molar-refractivity contribution in [3.8, 4) is 6.07 Å². The number of pyridine rings is 1. The maximum atomic E-state index is 12.2. The first kappa shape index (κ1) is 14.3. The van der Waals surface area contributed by atoms with Crippen LogP contribution in [0.3, 0.4) is 0 Å². The molecule has 0 spiro atoms. The second kappa shape index (κ2) is 5.88. The van der Waals surface area contributed by atoms with E-state index in [0.29, 0.717) is 18.8 Å². The molecule has 0 atom stereocenters. The number of rotatable bonds is 2. The summed E-state index contributed by atoms with van der Waals surface area (Å²) in [5.41, 5.74) is 0.369. The molecule has 0 bridgehead atoms. The summed E-state index contributed by atoms with van der Waals surface area (Å²) in [6, 6.07) is 5.04. The molecule has 1 aromatic rings. The summed E-state index contributed by atoms with van der Waals surface area (Å²) in [5, 5.41) is 8.88. The Labute approximate surface area is 117 Å². The number of carbonyl (C=O) groups is 1. The van der Waals surface area contributed by atoms with Crippen molar-refractivity contribution in [2.75, 3.05) is 33.2 Å². The molecule has 0 radical (unpaired) electrons. The van der Waals surface area contributed by atoms with E-state index in [-0.39, 0.29) is 18.0 Å². The van der Waals surface area contributed by atoms with Crippen LogP contribution in [0.25, 0.3) is 0 Å². The van der Waals surface area contributed by atoms with Crippen LogP contribution in [0.5, 0.6) is 0 Å². The summed E-state index contributed by atoms with van der Waals surface area (Å²) in [7, 11) is 2.02. The predicted molar refractivity (Wildman–Crippen MR) is 74.2 cm³/mol. The van der Waals surface area contributed by atoms with E-state index in [4.69, 9.17) is 5.26 Å². The van der Waals surface area contributed by atoms with Crippen LogP contribution in [-0.2, 0) is 11.3 Å². The van der Waals surface area contributed by atoms with Crippen LogP contribution in [0.15, 0.2) is 16.9 Å². The number of aromatic nitrogens is 1. The lowest BCUT2D eigenvalue weighted by molar-refractivity contribution is -0.133. The van der Waals surface area contributed by atoms with Crippen LogP contribution in [0.4, 0.5) is 0 Å². The largest absolute Gasteiger partial charge is 0.339 e. The summed E-state index contributed by atoms with van der Waals surface area (Å²) in [6.07, 6.45) is 0. The topological polar surface area (TPSA) is 69.3 Å². The van der Waals surface area contributed by atoms with Gasteiger partial charge in [0.25, 0.3) is 5.56 Å². The highest BCUT2D eigenvalue weighted by molar-refractivity contribution is 5.76. The molecule has 1 aliphatic heterocycles. The number of carbonyl (C=O) groups excluding carboxylic acids is 1. The average Bonchev–Trinajstić information content (AvgIpc) is 2.44. The fraction of sp³-hybridized carbons (Fsp3) is 0.500. The van der Waals surface area contributed by atoms with Gasteiger partial charge in [0.15, 0.2) is 0 Å². The van der Waals surface area contributed by atoms with Crippen molar-refractivity contribution in [1.29, 1.82) is 5.26 Å². The van der Waals surface area contributed by atoms with Crippen molar-refractivity contribution >= 4 is 5.91 Å². The van der Waals surface area contributed by atoms with Gasteiger partial charge in [0, 0.05) is 31.9 Å². The van der Waals surface area contributed by atoms with Crippen LogP contribution < -0.4 is 5.56 Å². The van der Waals surface area contributed by atoms with Crippen molar-refractivity contribution in [2.45, 2.75) is 13.5 Å². The molecule has 0 aliphatic carbocycles. The molecule has 1 saturated heterocycles. The average molecular weight is 274 g/mol. The predicted octanol–water partition coefficient (Wildman–Crippen LogP) is -0.198. The van der Waals surface area contributed by atoms with Crippen molar-refractivity contribution < 1.29 is 4.79 Å². The number of hydrogen-bond acceptors (Lipinski definition) is 4. The van der Waals surface area contributed by atoms with E-state index in [1.54, 1.807) is 17.9 Å². The number of aryl methyl sites for hydroxylation is 1. The standard InChI is InChI=1S/C14H18N4O2/c1-11-3-4-12(9-15)14(20)18(11)10-13(19)17-7-5-16(2)6-8-17/h3-4H,5-8,10H2,1-2H3. The van der Waals surface area contributed by atoms with Gasteiger partial charge in [-0.25, -0.2) is 0 Å². The normalized spacial score (nSPS) is 15.9. The summed E-state index contributed by atoms with van der Waals surface area (Å²) >= 11 is 0. The molecule has 20 heavy (non-hydrogen) atoms. The molecule has 0 unspecified atom stereocenters. The van der Waals surface area contributed by atoms with Crippen LogP contribution in [0, 0.1) is 18.3 Å². The van der Waals surface area contributed by atoms with Gasteiger partial charge in [0.2, 0.25) is 5.91 Å². The Hall–Kier alpha value is -2.13. The maximum Gasteiger partial charge on any atom is 0.269 e. The molecular weight excluding hydrogens is 256 g/mol. The molecule has 0 saturated carbocycles. The molecule has 1 aromatic heterocycles. The number of nitrogens with zero attached hydrogens (tertiary/aromatic N) is 4. The third-order valence-electron chi connectivity index (χ3n) is 3.66. The molecule has 1 aliphatic rings. The molecule has 6 heteroatoms. The Morgan fingerprint density at radius 2 is 1.95 bits per heavy atom. The highest BCUT2D eigenvalue weighted by atomic mass is 16.2. The Morgan fingerprint density at radius 1 is 1.30 bits per heavy atom. The van der Waals surface area contributed by atoms with Crippen LogP contribution >= 0.6 is 0 Å². The summed E-state index contributed by atoms with van der Waals surface area (Å²) in [6.45, 7) is 4.82. The van der Waals surface area contributed by atoms with Gasteiger partial charge in [-0.2, -0.15) is 5.26 Å². The molecule has 0 N–H and O–H groups in total. The lowest BCUT2D eigenvalue weighted by atomic mass is 10.2. The molecule has 1 amide bonds. The third-order valence-corrected chi connectivity index (χ3v) is 3.66. The van der Waals surface area contributed by atoms with Crippen molar-refractivity contribution in [3.05, 3.63) is 33.7 Å². The van der Waals surface area contributed by atoms with E-state index in [1.807, 2.05) is 13.1 Å².